The van der Waals surface area contributed by atoms with Gasteiger partial charge in [0.25, 0.3) is 0 Å². The number of nitrogens with two attached hydrogens (primary N) is 1. The molecule has 2 aliphatic rings. The Bertz CT molecular complexity index is 1490. The summed E-state index contributed by atoms with van der Waals surface area (Å²) in [7, 11) is 0. The van der Waals surface area contributed by atoms with Gasteiger partial charge in [0.1, 0.15) is 5.37 Å². The first-order valence-electron chi connectivity index (χ1n) is 13.5. The molecular weight excluding hydrogens is 539 g/mol. The van der Waals surface area contributed by atoms with Crippen molar-refractivity contribution in [3.05, 3.63) is 99.3 Å². The van der Waals surface area contributed by atoms with E-state index in [-0.39, 0.29) is 23.6 Å². The van der Waals surface area contributed by atoms with Crippen LogP contribution in [0.4, 0.5) is 5.69 Å². The lowest BCUT2D eigenvalue weighted by Crippen LogP contribution is -2.34. The molecule has 0 radical (unpaired) electrons. The summed E-state index contributed by atoms with van der Waals surface area (Å²) < 4.78 is 0. The zero-order chi connectivity index (χ0) is 27.9. The fraction of sp³-hybridized carbons (Fsp3) is 0.281. The number of carbonyl (C=O) groups excluding carboxylic acids is 3. The smallest absolute Gasteiger partial charge is 0.248 e. The Balaban J connectivity index is 1.34. The van der Waals surface area contributed by atoms with Crippen LogP contribution in [0.15, 0.2) is 78.4 Å². The molecule has 3 N–H and O–H groups in total. The lowest BCUT2D eigenvalue weighted by atomic mass is 9.97. The number of carbonyl (C=O) groups is 3. The zero-order valence-corrected chi connectivity index (χ0v) is 23.7. The van der Waals surface area contributed by atoms with Crippen LogP contribution in [0.2, 0.25) is 0 Å². The number of benzene rings is 2. The molecule has 0 saturated carbocycles. The number of nitrogens with zero attached hydrogens (tertiary/aromatic N) is 1. The van der Waals surface area contributed by atoms with Crippen molar-refractivity contribution in [2.45, 2.75) is 49.1 Å². The topological polar surface area (TPSA) is 92.5 Å². The standard InChI is InChI=1S/C32H31N3O3S2/c33-30(37)24-12-7-13-25(20-24)35-31(38)28(21-29(36)34-19-18-23-10-5-2-6-11-23)40-32(35)27-17-16-26(39-27)15-14-22-8-3-1-4-9-22/h1,3-4,7-10,12-13,16-17,20,28,32H,2,5-6,11,18-19,21H2,(H2,33,37)(H,34,36). The first-order chi connectivity index (χ1) is 19.5. The van der Waals surface area contributed by atoms with Crippen molar-refractivity contribution in [3.8, 4) is 11.8 Å². The number of primary amides is 1. The van der Waals surface area contributed by atoms with Gasteiger partial charge in [-0.2, -0.15) is 0 Å². The molecule has 5 rings (SSSR count). The SMILES string of the molecule is NC(=O)c1cccc(N2C(=O)C(CC(=O)NCCC3=CCCCC3)SC2c2ccc(C#Cc3ccccc3)s2)c1. The minimum absolute atomic E-state index is 0.0943. The number of thiophene rings is 1. The van der Waals surface area contributed by atoms with E-state index in [2.05, 4.69) is 23.2 Å². The first-order valence-corrected chi connectivity index (χ1v) is 15.2. The normalized spacial score (nSPS) is 18.6. The Kier molecular flexibility index (Phi) is 9.04. The van der Waals surface area contributed by atoms with Gasteiger partial charge in [0.05, 0.1) is 10.1 Å². The molecule has 204 valence electrons. The summed E-state index contributed by atoms with van der Waals surface area (Å²) in [5.41, 5.74) is 8.76. The highest BCUT2D eigenvalue weighted by Gasteiger charge is 2.43. The molecule has 0 bridgehead atoms. The third-order valence-electron chi connectivity index (χ3n) is 6.95. The molecule has 2 unspecified atom stereocenters. The summed E-state index contributed by atoms with van der Waals surface area (Å²) in [5, 5.41) is 2.11. The van der Waals surface area contributed by atoms with Crippen molar-refractivity contribution in [1.82, 2.24) is 5.32 Å². The van der Waals surface area contributed by atoms with E-state index in [0.29, 0.717) is 17.8 Å². The van der Waals surface area contributed by atoms with E-state index in [9.17, 15) is 14.4 Å². The van der Waals surface area contributed by atoms with E-state index >= 15 is 0 Å². The van der Waals surface area contributed by atoms with E-state index in [1.165, 1.54) is 41.5 Å². The average Bonchev–Trinajstić information content (AvgIpc) is 3.57. The Morgan fingerprint density at radius 3 is 2.65 bits per heavy atom. The van der Waals surface area contributed by atoms with Crippen molar-refractivity contribution in [3.63, 3.8) is 0 Å². The number of rotatable bonds is 8. The van der Waals surface area contributed by atoms with Crippen LogP contribution < -0.4 is 16.0 Å². The number of hydrogen-bond donors (Lipinski definition) is 2. The van der Waals surface area contributed by atoms with E-state index in [1.807, 2.05) is 42.5 Å². The summed E-state index contributed by atoms with van der Waals surface area (Å²) in [6.07, 6.45) is 7.91. The van der Waals surface area contributed by atoms with Crippen molar-refractivity contribution in [2.24, 2.45) is 5.73 Å². The maximum Gasteiger partial charge on any atom is 0.248 e. The molecule has 1 fully saturated rings. The second-order valence-corrected chi connectivity index (χ2v) is 12.2. The Morgan fingerprint density at radius 1 is 1.02 bits per heavy atom. The second-order valence-electron chi connectivity index (χ2n) is 9.83. The van der Waals surface area contributed by atoms with Gasteiger partial charge in [-0.25, -0.2) is 0 Å². The summed E-state index contributed by atoms with van der Waals surface area (Å²) in [6, 6.07) is 20.5. The highest BCUT2D eigenvalue weighted by atomic mass is 32.2. The average molecular weight is 570 g/mol. The highest BCUT2D eigenvalue weighted by Crippen LogP contribution is 2.48. The fourth-order valence-electron chi connectivity index (χ4n) is 4.89. The lowest BCUT2D eigenvalue weighted by molar-refractivity contribution is -0.124. The Morgan fingerprint density at radius 2 is 1.88 bits per heavy atom. The molecule has 2 heterocycles. The molecule has 3 aromatic rings. The van der Waals surface area contributed by atoms with E-state index in [4.69, 9.17) is 5.73 Å². The number of hydrogen-bond acceptors (Lipinski definition) is 5. The number of thioether (sulfide) groups is 1. The molecule has 2 aromatic carbocycles. The summed E-state index contributed by atoms with van der Waals surface area (Å²) in [6.45, 7) is 0.582. The van der Waals surface area contributed by atoms with Gasteiger partial charge in [0, 0.05) is 34.7 Å². The third-order valence-corrected chi connectivity index (χ3v) is 9.57. The van der Waals surface area contributed by atoms with Crippen molar-refractivity contribution < 1.29 is 14.4 Å². The van der Waals surface area contributed by atoms with E-state index in [0.717, 1.165) is 34.6 Å². The van der Waals surface area contributed by atoms with Gasteiger partial charge in [-0.05, 0) is 74.6 Å². The van der Waals surface area contributed by atoms with Crippen LogP contribution in [0.1, 0.15) is 69.6 Å². The van der Waals surface area contributed by atoms with Gasteiger partial charge in [0.2, 0.25) is 17.7 Å². The number of nitrogens with one attached hydrogen (secondary N) is 1. The fourth-order valence-corrected chi connectivity index (χ4v) is 7.38. The summed E-state index contributed by atoms with van der Waals surface area (Å²) in [5.74, 6) is 5.54. The maximum atomic E-state index is 13.7. The van der Waals surface area contributed by atoms with E-state index in [1.54, 1.807) is 29.2 Å². The van der Waals surface area contributed by atoms with Gasteiger partial charge in [-0.1, -0.05) is 47.8 Å². The minimum atomic E-state index is -0.559. The predicted octanol–water partition coefficient (Wildman–Crippen LogP) is 5.79. The molecule has 1 saturated heterocycles. The molecule has 3 amide bonds. The largest absolute Gasteiger partial charge is 0.366 e. The third kappa shape index (κ3) is 6.85. The Labute approximate surface area is 243 Å². The van der Waals surface area contributed by atoms with Crippen LogP contribution in [-0.4, -0.2) is 29.5 Å². The van der Waals surface area contributed by atoms with Crippen LogP contribution in [0.3, 0.4) is 0 Å². The molecular formula is C32H31N3O3S2. The van der Waals surface area contributed by atoms with Crippen LogP contribution in [0.5, 0.6) is 0 Å². The molecule has 0 spiro atoms. The summed E-state index contributed by atoms with van der Waals surface area (Å²) in [4.78, 5) is 42.0. The van der Waals surface area contributed by atoms with Crippen LogP contribution in [0, 0.1) is 11.8 Å². The molecule has 1 aliphatic heterocycles. The number of anilines is 1. The molecule has 2 atom stereocenters. The molecule has 1 aromatic heterocycles. The maximum absolute atomic E-state index is 13.7. The van der Waals surface area contributed by atoms with Crippen LogP contribution in [0.25, 0.3) is 0 Å². The van der Waals surface area contributed by atoms with Crippen LogP contribution >= 0.6 is 23.1 Å². The van der Waals surface area contributed by atoms with Gasteiger partial charge in [-0.15, -0.1) is 23.1 Å². The van der Waals surface area contributed by atoms with Crippen molar-refractivity contribution in [1.29, 1.82) is 0 Å². The molecule has 40 heavy (non-hydrogen) atoms. The van der Waals surface area contributed by atoms with Gasteiger partial charge >= 0.3 is 0 Å². The summed E-state index contributed by atoms with van der Waals surface area (Å²) >= 11 is 2.98. The molecule has 6 nitrogen and oxygen atoms in total. The predicted molar refractivity (Wildman–Crippen MR) is 162 cm³/mol. The first kappa shape index (κ1) is 27.8. The number of allylic oxidation sites excluding steroid dienone is 1. The molecule has 8 heteroatoms. The van der Waals surface area contributed by atoms with E-state index < -0.39 is 11.2 Å². The van der Waals surface area contributed by atoms with Crippen molar-refractivity contribution >= 4 is 46.5 Å². The van der Waals surface area contributed by atoms with Crippen LogP contribution in [-0.2, 0) is 9.59 Å². The quantitative estimate of drug-likeness (QED) is 0.265. The minimum Gasteiger partial charge on any atom is -0.366 e. The number of amides is 3. The lowest BCUT2D eigenvalue weighted by Gasteiger charge is -2.23. The zero-order valence-electron chi connectivity index (χ0n) is 22.1. The van der Waals surface area contributed by atoms with Gasteiger partial charge in [-0.3, -0.25) is 19.3 Å². The van der Waals surface area contributed by atoms with Gasteiger partial charge < -0.3 is 11.1 Å². The molecule has 1 aliphatic carbocycles. The van der Waals surface area contributed by atoms with Crippen molar-refractivity contribution in [2.75, 3.05) is 11.4 Å². The second kappa shape index (κ2) is 13.0. The Hall–Kier alpha value is -3.80. The monoisotopic (exact) mass is 569 g/mol. The highest BCUT2D eigenvalue weighted by molar-refractivity contribution is 8.01. The van der Waals surface area contributed by atoms with Gasteiger partial charge in [0.15, 0.2) is 0 Å².